The average Bonchev–Trinajstić information content (AvgIpc) is 2.95. The van der Waals surface area contributed by atoms with Gasteiger partial charge in [-0.3, -0.25) is 4.79 Å². The van der Waals surface area contributed by atoms with Crippen molar-refractivity contribution >= 4 is 17.3 Å². The molecule has 0 aliphatic rings. The molecule has 4 nitrogen and oxygen atoms in total. The molecule has 1 amide bonds. The van der Waals surface area contributed by atoms with E-state index in [0.717, 1.165) is 16.9 Å². The predicted octanol–water partition coefficient (Wildman–Crippen LogP) is 3.80. The molecule has 100 valence electrons. The second-order valence-corrected chi connectivity index (χ2v) is 4.40. The van der Waals surface area contributed by atoms with Crippen LogP contribution in [0.4, 0.5) is 11.4 Å². The summed E-state index contributed by atoms with van der Waals surface area (Å²) >= 11 is 0. The topological polar surface area (TPSA) is 54.3 Å². The van der Waals surface area contributed by atoms with Gasteiger partial charge in [-0.25, -0.2) is 0 Å². The lowest BCUT2D eigenvalue weighted by molar-refractivity contribution is -0.115. The van der Waals surface area contributed by atoms with Crippen LogP contribution in [-0.2, 0) is 4.79 Å². The van der Waals surface area contributed by atoms with Crippen molar-refractivity contribution in [2.24, 2.45) is 0 Å². The van der Waals surface area contributed by atoms with Gasteiger partial charge in [-0.15, -0.1) is 0 Å². The molecule has 1 heterocycles. The normalized spacial score (nSPS) is 11.9. The molecular weight excluding hydrogens is 240 g/mol. The third kappa shape index (κ3) is 3.61. The van der Waals surface area contributed by atoms with E-state index in [-0.39, 0.29) is 11.9 Å². The Bertz CT molecular complexity index is 518. The molecule has 4 heteroatoms. The zero-order chi connectivity index (χ0) is 13.7. The van der Waals surface area contributed by atoms with Gasteiger partial charge < -0.3 is 15.1 Å². The molecule has 1 aromatic carbocycles. The maximum atomic E-state index is 11.3. The van der Waals surface area contributed by atoms with Crippen molar-refractivity contribution in [3.05, 3.63) is 48.4 Å². The molecule has 1 unspecified atom stereocenters. The highest BCUT2D eigenvalue weighted by atomic mass is 16.3. The van der Waals surface area contributed by atoms with Gasteiger partial charge in [0.1, 0.15) is 0 Å². The number of amides is 1. The van der Waals surface area contributed by atoms with Crippen molar-refractivity contribution < 1.29 is 9.21 Å². The van der Waals surface area contributed by atoms with Crippen LogP contribution in [0.5, 0.6) is 0 Å². The van der Waals surface area contributed by atoms with Crippen LogP contribution < -0.4 is 10.6 Å². The number of carbonyl (C=O) groups excluding carboxylic acids is 1. The molecule has 1 atom stereocenters. The monoisotopic (exact) mass is 258 g/mol. The van der Waals surface area contributed by atoms with Crippen molar-refractivity contribution in [3.8, 4) is 0 Å². The largest absolute Gasteiger partial charge is 0.472 e. The van der Waals surface area contributed by atoms with Gasteiger partial charge in [0.2, 0.25) is 5.91 Å². The molecule has 0 radical (unpaired) electrons. The fraction of sp³-hybridized carbons (Fsp3) is 0.267. The van der Waals surface area contributed by atoms with E-state index < -0.39 is 0 Å². The van der Waals surface area contributed by atoms with Crippen LogP contribution in [0.2, 0.25) is 0 Å². The lowest BCUT2D eigenvalue weighted by Crippen LogP contribution is -2.09. The summed E-state index contributed by atoms with van der Waals surface area (Å²) in [5, 5.41) is 6.18. The summed E-state index contributed by atoms with van der Waals surface area (Å²) in [4.78, 5) is 11.3. The van der Waals surface area contributed by atoms with Crippen LogP contribution in [0.15, 0.2) is 47.3 Å². The quantitative estimate of drug-likeness (QED) is 0.857. The van der Waals surface area contributed by atoms with Crippen LogP contribution in [0.3, 0.4) is 0 Å². The minimum atomic E-state index is 0.0208. The minimum Gasteiger partial charge on any atom is -0.472 e. The molecule has 2 N–H and O–H groups in total. The molecule has 2 aromatic rings. The first-order chi connectivity index (χ1) is 9.19. The summed E-state index contributed by atoms with van der Waals surface area (Å²) in [6.07, 6.45) is 3.88. The van der Waals surface area contributed by atoms with Crippen molar-refractivity contribution in [2.75, 3.05) is 10.6 Å². The second kappa shape index (κ2) is 6.09. The Morgan fingerprint density at radius 3 is 2.47 bits per heavy atom. The van der Waals surface area contributed by atoms with Crippen LogP contribution in [-0.4, -0.2) is 5.91 Å². The van der Waals surface area contributed by atoms with Crippen molar-refractivity contribution in [3.63, 3.8) is 0 Å². The number of carbonyl (C=O) groups is 1. The second-order valence-electron chi connectivity index (χ2n) is 4.40. The van der Waals surface area contributed by atoms with Gasteiger partial charge in [0.25, 0.3) is 0 Å². The van der Waals surface area contributed by atoms with Gasteiger partial charge in [0, 0.05) is 23.4 Å². The third-order valence-corrected chi connectivity index (χ3v) is 2.92. The van der Waals surface area contributed by atoms with Gasteiger partial charge in [-0.2, -0.15) is 0 Å². The van der Waals surface area contributed by atoms with E-state index >= 15 is 0 Å². The zero-order valence-electron chi connectivity index (χ0n) is 11.1. The molecule has 0 saturated heterocycles. The highest BCUT2D eigenvalue weighted by Crippen LogP contribution is 2.21. The first-order valence-corrected chi connectivity index (χ1v) is 6.37. The number of hydrogen-bond acceptors (Lipinski definition) is 3. The number of anilines is 2. The van der Waals surface area contributed by atoms with E-state index in [0.29, 0.717) is 6.42 Å². The van der Waals surface area contributed by atoms with E-state index in [2.05, 4.69) is 17.6 Å². The molecule has 0 spiro atoms. The molecule has 19 heavy (non-hydrogen) atoms. The number of furan rings is 1. The lowest BCUT2D eigenvalue weighted by atomic mass is 10.1. The Hall–Kier alpha value is -2.23. The maximum Gasteiger partial charge on any atom is 0.224 e. The summed E-state index contributed by atoms with van der Waals surface area (Å²) < 4.78 is 5.06. The molecule has 0 saturated carbocycles. The van der Waals surface area contributed by atoms with E-state index in [4.69, 9.17) is 4.42 Å². The van der Waals surface area contributed by atoms with E-state index in [1.165, 1.54) is 0 Å². The third-order valence-electron chi connectivity index (χ3n) is 2.92. The first kappa shape index (κ1) is 13.2. The fourth-order valence-electron chi connectivity index (χ4n) is 1.75. The Labute approximate surface area is 112 Å². The van der Waals surface area contributed by atoms with Gasteiger partial charge in [-0.1, -0.05) is 6.92 Å². The van der Waals surface area contributed by atoms with Crippen LogP contribution in [0, 0.1) is 0 Å². The molecule has 0 bridgehead atoms. The molecule has 0 aliphatic carbocycles. The van der Waals surface area contributed by atoms with Crippen LogP contribution in [0.1, 0.15) is 31.9 Å². The summed E-state index contributed by atoms with van der Waals surface area (Å²) in [5.74, 6) is 0.0208. The zero-order valence-corrected chi connectivity index (χ0v) is 11.1. The first-order valence-electron chi connectivity index (χ1n) is 6.37. The van der Waals surface area contributed by atoms with Crippen LogP contribution in [0.25, 0.3) is 0 Å². The Balaban J connectivity index is 1.97. The van der Waals surface area contributed by atoms with Crippen molar-refractivity contribution in [2.45, 2.75) is 26.3 Å². The lowest BCUT2D eigenvalue weighted by Gasteiger charge is -2.14. The molecule has 1 aromatic heterocycles. The number of rotatable bonds is 5. The molecule has 0 aliphatic heterocycles. The Kier molecular flexibility index (Phi) is 4.23. The van der Waals surface area contributed by atoms with E-state index in [1.54, 1.807) is 12.5 Å². The van der Waals surface area contributed by atoms with E-state index in [1.807, 2.05) is 37.3 Å². The van der Waals surface area contributed by atoms with Crippen LogP contribution >= 0.6 is 0 Å². The summed E-state index contributed by atoms with van der Waals surface area (Å²) in [6.45, 7) is 3.90. The smallest absolute Gasteiger partial charge is 0.224 e. The molecule has 2 rings (SSSR count). The summed E-state index contributed by atoms with van der Waals surface area (Å²) in [7, 11) is 0. The van der Waals surface area contributed by atoms with Gasteiger partial charge in [-0.05, 0) is 37.3 Å². The Morgan fingerprint density at radius 2 is 1.89 bits per heavy atom. The standard InChI is InChI=1S/C15H18N2O2/c1-3-15(18)17-14-6-4-13(5-7-14)16-11(2)12-8-9-19-10-12/h4-11,16H,3H2,1-2H3,(H,17,18). The minimum absolute atomic E-state index is 0.0208. The molecular formula is C15H18N2O2. The number of nitrogens with one attached hydrogen (secondary N) is 2. The predicted molar refractivity (Wildman–Crippen MR) is 76.1 cm³/mol. The highest BCUT2D eigenvalue weighted by Gasteiger charge is 2.06. The summed E-state index contributed by atoms with van der Waals surface area (Å²) in [6, 6.07) is 9.78. The maximum absolute atomic E-state index is 11.3. The fourth-order valence-corrected chi connectivity index (χ4v) is 1.75. The van der Waals surface area contributed by atoms with Crippen molar-refractivity contribution in [1.29, 1.82) is 0 Å². The molecule has 0 fully saturated rings. The Morgan fingerprint density at radius 1 is 1.21 bits per heavy atom. The SMILES string of the molecule is CCC(=O)Nc1ccc(NC(C)c2ccoc2)cc1. The van der Waals surface area contributed by atoms with Crippen molar-refractivity contribution in [1.82, 2.24) is 0 Å². The summed E-state index contributed by atoms with van der Waals surface area (Å²) in [5.41, 5.74) is 2.92. The highest BCUT2D eigenvalue weighted by molar-refractivity contribution is 5.90. The van der Waals surface area contributed by atoms with E-state index in [9.17, 15) is 4.79 Å². The number of hydrogen-bond donors (Lipinski definition) is 2. The van der Waals surface area contributed by atoms with Gasteiger partial charge in [0.05, 0.1) is 18.6 Å². The number of benzene rings is 1. The average molecular weight is 258 g/mol. The van der Waals surface area contributed by atoms with Gasteiger partial charge in [0.15, 0.2) is 0 Å². The van der Waals surface area contributed by atoms with Gasteiger partial charge >= 0.3 is 0 Å².